The maximum absolute atomic E-state index is 11.7. The lowest BCUT2D eigenvalue weighted by Crippen LogP contribution is -2.29. The van der Waals surface area contributed by atoms with Crippen LogP contribution in [0.5, 0.6) is 0 Å². The second kappa shape index (κ2) is 7.47. The second-order valence-electron chi connectivity index (χ2n) is 4.81. The van der Waals surface area contributed by atoms with Crippen LogP contribution >= 0.6 is 0 Å². The smallest absolute Gasteiger partial charge is 0.326 e. The molecule has 1 rings (SSSR count). The summed E-state index contributed by atoms with van der Waals surface area (Å²) in [6, 6.07) is 2.60. The summed E-state index contributed by atoms with van der Waals surface area (Å²) in [6.45, 7) is 2.01. The van der Waals surface area contributed by atoms with Gasteiger partial charge in [0.05, 0.1) is 5.56 Å². The summed E-state index contributed by atoms with van der Waals surface area (Å²) >= 11 is 0. The first-order chi connectivity index (χ1) is 9.45. The molecule has 0 aliphatic carbocycles. The molecule has 0 radical (unpaired) electrons. The SMILES string of the molecule is CCCCC(Nc1ccc(C(=O)N(C)C)cn1)C(=O)O. The van der Waals surface area contributed by atoms with Gasteiger partial charge in [-0.25, -0.2) is 9.78 Å². The summed E-state index contributed by atoms with van der Waals surface area (Å²) in [5.74, 6) is -0.567. The highest BCUT2D eigenvalue weighted by atomic mass is 16.4. The van der Waals surface area contributed by atoms with E-state index in [1.165, 1.54) is 11.1 Å². The number of nitrogens with one attached hydrogen (secondary N) is 1. The van der Waals surface area contributed by atoms with E-state index in [-0.39, 0.29) is 5.91 Å². The number of aliphatic carboxylic acids is 1. The van der Waals surface area contributed by atoms with Crippen molar-refractivity contribution in [1.82, 2.24) is 9.88 Å². The molecule has 2 N–H and O–H groups in total. The standard InChI is InChI=1S/C14H21N3O3/c1-4-5-6-11(14(19)20)16-12-8-7-10(9-15-12)13(18)17(2)3/h7-9,11H,4-6H2,1-3H3,(H,15,16)(H,19,20). The molecule has 1 unspecified atom stereocenters. The average molecular weight is 279 g/mol. The van der Waals surface area contributed by atoms with Gasteiger partial charge in [-0.15, -0.1) is 0 Å². The first-order valence-electron chi connectivity index (χ1n) is 6.62. The summed E-state index contributed by atoms with van der Waals surface area (Å²) < 4.78 is 0. The Balaban J connectivity index is 2.72. The molecule has 0 aliphatic rings. The summed E-state index contributed by atoms with van der Waals surface area (Å²) in [4.78, 5) is 28.4. The largest absolute Gasteiger partial charge is 0.480 e. The molecule has 1 aromatic rings. The summed E-state index contributed by atoms with van der Waals surface area (Å²) in [7, 11) is 3.33. The Morgan fingerprint density at radius 1 is 1.40 bits per heavy atom. The number of unbranched alkanes of at least 4 members (excludes halogenated alkanes) is 1. The third-order valence-electron chi connectivity index (χ3n) is 2.88. The van der Waals surface area contributed by atoms with Gasteiger partial charge in [0.1, 0.15) is 11.9 Å². The lowest BCUT2D eigenvalue weighted by atomic mass is 10.1. The lowest BCUT2D eigenvalue weighted by Gasteiger charge is -2.15. The van der Waals surface area contributed by atoms with E-state index in [0.717, 1.165) is 12.8 Å². The zero-order valence-electron chi connectivity index (χ0n) is 12.1. The van der Waals surface area contributed by atoms with E-state index in [1.807, 2.05) is 6.92 Å². The van der Waals surface area contributed by atoms with Crippen LogP contribution in [0.25, 0.3) is 0 Å². The van der Waals surface area contributed by atoms with Crippen molar-refractivity contribution in [1.29, 1.82) is 0 Å². The number of hydrogen-bond donors (Lipinski definition) is 2. The van der Waals surface area contributed by atoms with Gasteiger partial charge in [0.25, 0.3) is 5.91 Å². The minimum atomic E-state index is -0.895. The van der Waals surface area contributed by atoms with Crippen LogP contribution < -0.4 is 5.32 Å². The maximum Gasteiger partial charge on any atom is 0.326 e. The van der Waals surface area contributed by atoms with E-state index >= 15 is 0 Å². The van der Waals surface area contributed by atoms with Crippen molar-refractivity contribution < 1.29 is 14.7 Å². The lowest BCUT2D eigenvalue weighted by molar-refractivity contribution is -0.138. The molecule has 1 heterocycles. The van der Waals surface area contributed by atoms with Gasteiger partial charge < -0.3 is 15.3 Å². The Morgan fingerprint density at radius 2 is 2.10 bits per heavy atom. The maximum atomic E-state index is 11.7. The fourth-order valence-electron chi connectivity index (χ4n) is 1.71. The van der Waals surface area contributed by atoms with E-state index < -0.39 is 12.0 Å². The number of rotatable bonds is 7. The second-order valence-corrected chi connectivity index (χ2v) is 4.81. The summed E-state index contributed by atoms with van der Waals surface area (Å²) in [5.41, 5.74) is 0.473. The van der Waals surface area contributed by atoms with Crippen LogP contribution in [0.4, 0.5) is 5.82 Å². The van der Waals surface area contributed by atoms with Crippen LogP contribution in [-0.4, -0.2) is 47.0 Å². The van der Waals surface area contributed by atoms with E-state index in [2.05, 4.69) is 10.3 Å². The molecule has 0 spiro atoms. The molecule has 0 saturated heterocycles. The highest BCUT2D eigenvalue weighted by Crippen LogP contribution is 2.11. The first-order valence-corrected chi connectivity index (χ1v) is 6.62. The first kappa shape index (κ1) is 15.9. The fourth-order valence-corrected chi connectivity index (χ4v) is 1.71. The van der Waals surface area contributed by atoms with Crippen molar-refractivity contribution in [3.63, 3.8) is 0 Å². The quantitative estimate of drug-likeness (QED) is 0.795. The number of carboxylic acid groups (broad SMARTS) is 1. The number of amides is 1. The van der Waals surface area contributed by atoms with E-state index in [4.69, 9.17) is 5.11 Å². The molecule has 20 heavy (non-hydrogen) atoms. The number of anilines is 1. The highest BCUT2D eigenvalue weighted by molar-refractivity contribution is 5.93. The molecule has 1 amide bonds. The Bertz CT molecular complexity index is 457. The van der Waals surface area contributed by atoms with Gasteiger partial charge in [0.2, 0.25) is 0 Å². The van der Waals surface area contributed by atoms with Crippen LogP contribution in [0.15, 0.2) is 18.3 Å². The van der Waals surface area contributed by atoms with Gasteiger partial charge in [-0.05, 0) is 18.6 Å². The Hall–Kier alpha value is -2.11. The molecule has 1 aromatic heterocycles. The third-order valence-corrected chi connectivity index (χ3v) is 2.88. The van der Waals surface area contributed by atoms with Crippen molar-refractivity contribution in [3.05, 3.63) is 23.9 Å². The van der Waals surface area contributed by atoms with E-state index in [1.54, 1.807) is 26.2 Å². The fraction of sp³-hybridized carbons (Fsp3) is 0.500. The van der Waals surface area contributed by atoms with Crippen molar-refractivity contribution in [3.8, 4) is 0 Å². The molecule has 6 nitrogen and oxygen atoms in total. The van der Waals surface area contributed by atoms with Crippen molar-refractivity contribution in [2.24, 2.45) is 0 Å². The van der Waals surface area contributed by atoms with Crippen LogP contribution in [0, 0.1) is 0 Å². The number of carboxylic acids is 1. The molecule has 0 aliphatic heterocycles. The Labute approximate surface area is 118 Å². The third kappa shape index (κ3) is 4.53. The summed E-state index contributed by atoms with van der Waals surface area (Å²) in [6.07, 6.45) is 3.77. The van der Waals surface area contributed by atoms with Gasteiger partial charge in [0.15, 0.2) is 0 Å². The number of carbonyl (C=O) groups excluding carboxylic acids is 1. The Morgan fingerprint density at radius 3 is 2.55 bits per heavy atom. The minimum Gasteiger partial charge on any atom is -0.480 e. The van der Waals surface area contributed by atoms with Crippen molar-refractivity contribution in [2.75, 3.05) is 19.4 Å². The normalized spacial score (nSPS) is 11.8. The molecule has 0 fully saturated rings. The number of nitrogens with zero attached hydrogens (tertiary/aromatic N) is 2. The van der Waals surface area contributed by atoms with E-state index in [0.29, 0.717) is 17.8 Å². The average Bonchev–Trinajstić information content (AvgIpc) is 2.42. The zero-order valence-corrected chi connectivity index (χ0v) is 12.1. The molecule has 1 atom stereocenters. The number of pyridine rings is 1. The van der Waals surface area contributed by atoms with E-state index in [9.17, 15) is 9.59 Å². The van der Waals surface area contributed by atoms with Crippen LogP contribution in [0.3, 0.4) is 0 Å². The molecule has 110 valence electrons. The molecular weight excluding hydrogens is 258 g/mol. The molecule has 0 bridgehead atoms. The van der Waals surface area contributed by atoms with Crippen LogP contribution in [0.2, 0.25) is 0 Å². The highest BCUT2D eigenvalue weighted by Gasteiger charge is 2.17. The summed E-state index contributed by atoms with van der Waals surface area (Å²) in [5, 5.41) is 12.0. The van der Waals surface area contributed by atoms with Gasteiger partial charge in [-0.3, -0.25) is 4.79 Å². The number of aromatic nitrogens is 1. The Kier molecular flexibility index (Phi) is 5.96. The van der Waals surface area contributed by atoms with Crippen molar-refractivity contribution >= 4 is 17.7 Å². The predicted octanol–water partition coefficient (Wildman–Crippen LogP) is 1.84. The molecule has 0 saturated carbocycles. The molecule has 0 aromatic carbocycles. The molecular formula is C14H21N3O3. The number of carbonyl (C=O) groups is 2. The minimum absolute atomic E-state index is 0.134. The van der Waals surface area contributed by atoms with Gasteiger partial charge in [0, 0.05) is 20.3 Å². The predicted molar refractivity (Wildman–Crippen MR) is 76.8 cm³/mol. The van der Waals surface area contributed by atoms with Crippen LogP contribution in [-0.2, 0) is 4.79 Å². The monoisotopic (exact) mass is 279 g/mol. The van der Waals surface area contributed by atoms with Gasteiger partial charge in [-0.1, -0.05) is 19.8 Å². The van der Waals surface area contributed by atoms with Gasteiger partial charge in [-0.2, -0.15) is 0 Å². The molecule has 6 heteroatoms. The van der Waals surface area contributed by atoms with Crippen LogP contribution in [0.1, 0.15) is 36.5 Å². The topological polar surface area (TPSA) is 82.5 Å². The van der Waals surface area contributed by atoms with Gasteiger partial charge >= 0.3 is 5.97 Å². The van der Waals surface area contributed by atoms with Crippen molar-refractivity contribution in [2.45, 2.75) is 32.2 Å². The zero-order chi connectivity index (χ0) is 15.1. The number of hydrogen-bond acceptors (Lipinski definition) is 4.